The van der Waals surface area contributed by atoms with Crippen LogP contribution in [0.3, 0.4) is 0 Å². The molecule has 0 radical (unpaired) electrons. The van der Waals surface area contributed by atoms with Crippen molar-refractivity contribution in [3.63, 3.8) is 0 Å². The van der Waals surface area contributed by atoms with Crippen molar-refractivity contribution in [2.45, 2.75) is 19.3 Å². The molecule has 3 aromatic carbocycles. The minimum atomic E-state index is -0.518. The number of nitriles is 1. The number of benzene rings is 3. The third-order valence-electron chi connectivity index (χ3n) is 5.48. The number of hydrogen-bond donors (Lipinski definition) is 3. The van der Waals surface area contributed by atoms with Gasteiger partial charge in [-0.2, -0.15) is 5.26 Å². The first-order valence-electron chi connectivity index (χ1n) is 10.4. The number of rotatable bonds is 5. The first-order chi connectivity index (χ1) is 15.2. The minimum Gasteiger partial charge on any atom is -0.507 e. The molecule has 0 atom stereocenters. The summed E-state index contributed by atoms with van der Waals surface area (Å²) in [7, 11) is 0. The molecular formula is C25H24N4O2. The van der Waals surface area contributed by atoms with Gasteiger partial charge >= 0.3 is 0 Å². The molecule has 0 bridgehead atoms. The van der Waals surface area contributed by atoms with Gasteiger partial charge in [0.2, 0.25) is 0 Å². The lowest BCUT2D eigenvalue weighted by Crippen LogP contribution is -2.29. The summed E-state index contributed by atoms with van der Waals surface area (Å²) in [6.07, 6.45) is 5.15. The Hall–Kier alpha value is -3.98. The summed E-state index contributed by atoms with van der Waals surface area (Å²) in [6, 6.07) is 20.3. The molecule has 0 aromatic heterocycles. The highest BCUT2D eigenvalue weighted by Gasteiger charge is 2.13. The largest absolute Gasteiger partial charge is 0.507 e. The zero-order valence-corrected chi connectivity index (χ0v) is 17.1. The first kappa shape index (κ1) is 20.3. The number of aromatic hydroxyl groups is 1. The van der Waals surface area contributed by atoms with E-state index in [1.54, 1.807) is 30.3 Å². The Labute approximate surface area is 181 Å². The second kappa shape index (κ2) is 9.23. The molecule has 0 unspecified atom stereocenters. The normalized spacial score (nSPS) is 14.2. The zero-order valence-electron chi connectivity index (χ0n) is 17.1. The van der Waals surface area contributed by atoms with Crippen LogP contribution in [0.2, 0.25) is 0 Å². The van der Waals surface area contributed by atoms with Gasteiger partial charge in [0.25, 0.3) is 5.91 Å². The van der Waals surface area contributed by atoms with Gasteiger partial charge in [-0.3, -0.25) is 4.79 Å². The molecule has 6 heteroatoms. The average Bonchev–Trinajstić information content (AvgIpc) is 2.81. The summed E-state index contributed by atoms with van der Waals surface area (Å²) < 4.78 is 0. The fourth-order valence-electron chi connectivity index (χ4n) is 3.82. The van der Waals surface area contributed by atoms with Crippen molar-refractivity contribution in [1.29, 1.82) is 5.26 Å². The standard InChI is InChI=1S/C25H24N4O2/c26-16-18(17-27-19-10-12-20(13-11-19)29-14-2-1-3-15-29)25(31)28-23-8-4-7-22-21(23)6-5-9-24(22)30/h4-13,17,27,30H,1-3,14-15H2,(H,28,31)/b18-17-. The Morgan fingerprint density at radius 3 is 2.42 bits per heavy atom. The van der Waals surface area contributed by atoms with E-state index in [1.165, 1.54) is 31.1 Å². The molecular weight excluding hydrogens is 388 g/mol. The number of fused-ring (bicyclic) bond motifs is 1. The quantitative estimate of drug-likeness (QED) is 0.406. The summed E-state index contributed by atoms with van der Waals surface area (Å²) in [5.74, 6) is -0.380. The van der Waals surface area contributed by atoms with Crippen LogP contribution in [0.4, 0.5) is 17.1 Å². The fraction of sp³-hybridized carbons (Fsp3) is 0.200. The van der Waals surface area contributed by atoms with Gasteiger partial charge in [-0.05, 0) is 55.7 Å². The van der Waals surface area contributed by atoms with Crippen molar-refractivity contribution >= 4 is 33.7 Å². The molecule has 1 aliphatic heterocycles. The molecule has 4 rings (SSSR count). The number of piperidine rings is 1. The number of phenolic OH excluding ortho intramolecular Hbond substituents is 1. The van der Waals surface area contributed by atoms with E-state index in [9.17, 15) is 15.2 Å². The van der Waals surface area contributed by atoms with Crippen LogP contribution < -0.4 is 15.5 Å². The maximum atomic E-state index is 12.6. The summed E-state index contributed by atoms with van der Waals surface area (Å²) in [4.78, 5) is 15.0. The Morgan fingerprint density at radius 1 is 0.968 bits per heavy atom. The lowest BCUT2D eigenvalue weighted by atomic mass is 10.1. The van der Waals surface area contributed by atoms with Gasteiger partial charge in [0.05, 0.1) is 0 Å². The molecule has 3 N–H and O–H groups in total. The van der Waals surface area contributed by atoms with E-state index in [0.717, 1.165) is 18.8 Å². The van der Waals surface area contributed by atoms with Crippen molar-refractivity contribution in [3.8, 4) is 11.8 Å². The molecule has 156 valence electrons. The monoisotopic (exact) mass is 412 g/mol. The number of nitrogens with one attached hydrogen (secondary N) is 2. The lowest BCUT2D eigenvalue weighted by Gasteiger charge is -2.28. The number of anilines is 3. The van der Waals surface area contributed by atoms with Crippen LogP contribution >= 0.6 is 0 Å². The van der Waals surface area contributed by atoms with Gasteiger partial charge in [-0.1, -0.05) is 24.3 Å². The van der Waals surface area contributed by atoms with E-state index in [0.29, 0.717) is 16.5 Å². The minimum absolute atomic E-state index is 0.0442. The highest BCUT2D eigenvalue weighted by molar-refractivity contribution is 6.11. The van der Waals surface area contributed by atoms with E-state index in [1.807, 2.05) is 24.3 Å². The van der Waals surface area contributed by atoms with Crippen molar-refractivity contribution in [2.24, 2.45) is 0 Å². The van der Waals surface area contributed by atoms with Gasteiger partial charge in [0.15, 0.2) is 0 Å². The van der Waals surface area contributed by atoms with Crippen molar-refractivity contribution in [3.05, 3.63) is 72.4 Å². The van der Waals surface area contributed by atoms with Crippen molar-refractivity contribution in [1.82, 2.24) is 0 Å². The summed E-state index contributed by atoms with van der Waals surface area (Å²) >= 11 is 0. The van der Waals surface area contributed by atoms with Crippen LogP contribution in [-0.2, 0) is 4.79 Å². The highest BCUT2D eigenvalue weighted by Crippen LogP contribution is 2.30. The third kappa shape index (κ3) is 4.62. The van der Waals surface area contributed by atoms with Crippen molar-refractivity contribution < 1.29 is 9.90 Å². The smallest absolute Gasteiger partial charge is 0.267 e. The molecule has 6 nitrogen and oxygen atoms in total. The topological polar surface area (TPSA) is 88.4 Å². The summed E-state index contributed by atoms with van der Waals surface area (Å²) in [6.45, 7) is 2.16. The first-order valence-corrected chi connectivity index (χ1v) is 10.4. The predicted molar refractivity (Wildman–Crippen MR) is 124 cm³/mol. The molecule has 0 spiro atoms. The van der Waals surface area contributed by atoms with Gasteiger partial charge in [-0.25, -0.2) is 0 Å². The average molecular weight is 412 g/mol. The van der Waals surface area contributed by atoms with Gasteiger partial charge in [-0.15, -0.1) is 0 Å². The van der Waals surface area contributed by atoms with E-state index in [-0.39, 0.29) is 11.3 Å². The molecule has 1 amide bonds. The molecule has 1 saturated heterocycles. The molecule has 1 heterocycles. The summed E-state index contributed by atoms with van der Waals surface area (Å²) in [5, 5.41) is 26.6. The molecule has 0 aliphatic carbocycles. The molecule has 3 aromatic rings. The van der Waals surface area contributed by atoms with Gasteiger partial charge in [0, 0.05) is 47.1 Å². The Balaban J connectivity index is 1.46. The Morgan fingerprint density at radius 2 is 1.68 bits per heavy atom. The third-order valence-corrected chi connectivity index (χ3v) is 5.48. The van der Waals surface area contributed by atoms with Crippen LogP contribution in [0.15, 0.2) is 72.4 Å². The maximum absolute atomic E-state index is 12.6. The van der Waals surface area contributed by atoms with Crippen LogP contribution in [0.1, 0.15) is 19.3 Å². The summed E-state index contributed by atoms with van der Waals surface area (Å²) in [5.41, 5.74) is 2.48. The molecule has 1 aliphatic rings. The SMILES string of the molecule is N#C/C(=C/Nc1ccc(N2CCCCC2)cc1)C(=O)Nc1cccc2c(O)cccc12. The van der Waals surface area contributed by atoms with E-state index < -0.39 is 5.91 Å². The van der Waals surface area contributed by atoms with Crippen LogP contribution in [0, 0.1) is 11.3 Å². The van der Waals surface area contributed by atoms with Gasteiger partial charge < -0.3 is 20.6 Å². The second-order valence-electron chi connectivity index (χ2n) is 7.54. The highest BCUT2D eigenvalue weighted by atomic mass is 16.3. The Kier molecular flexibility index (Phi) is 6.04. The number of carbonyl (C=O) groups excluding carboxylic acids is 1. The van der Waals surface area contributed by atoms with E-state index >= 15 is 0 Å². The van der Waals surface area contributed by atoms with Crippen molar-refractivity contribution in [2.75, 3.05) is 28.6 Å². The van der Waals surface area contributed by atoms with Crippen LogP contribution in [-0.4, -0.2) is 24.1 Å². The molecule has 1 fully saturated rings. The maximum Gasteiger partial charge on any atom is 0.267 e. The number of phenols is 1. The Bertz CT molecular complexity index is 1160. The van der Waals surface area contributed by atoms with Gasteiger partial charge in [0.1, 0.15) is 17.4 Å². The lowest BCUT2D eigenvalue weighted by molar-refractivity contribution is -0.112. The molecule has 0 saturated carbocycles. The predicted octanol–water partition coefficient (Wildman–Crippen LogP) is 4.99. The second-order valence-corrected chi connectivity index (χ2v) is 7.54. The van der Waals surface area contributed by atoms with E-state index in [4.69, 9.17) is 0 Å². The number of nitrogens with zero attached hydrogens (tertiary/aromatic N) is 2. The number of hydrogen-bond acceptors (Lipinski definition) is 5. The van der Waals surface area contributed by atoms with E-state index in [2.05, 4.69) is 27.7 Å². The van der Waals surface area contributed by atoms with Crippen LogP contribution in [0.25, 0.3) is 10.8 Å². The number of carbonyl (C=O) groups is 1. The fourth-order valence-corrected chi connectivity index (χ4v) is 3.82. The zero-order chi connectivity index (χ0) is 21.6. The number of amides is 1. The van der Waals surface area contributed by atoms with Crippen LogP contribution in [0.5, 0.6) is 5.75 Å². The molecule has 31 heavy (non-hydrogen) atoms.